The lowest BCUT2D eigenvalue weighted by molar-refractivity contribution is -0.137. The summed E-state index contributed by atoms with van der Waals surface area (Å²) >= 11 is 0. The number of aromatic nitrogens is 3. The van der Waals surface area contributed by atoms with Crippen LogP contribution in [0.15, 0.2) is 18.2 Å². The molecule has 0 saturated heterocycles. The molecule has 1 aromatic carbocycles. The fourth-order valence-corrected chi connectivity index (χ4v) is 5.49. The summed E-state index contributed by atoms with van der Waals surface area (Å²) in [6.45, 7) is 6.04. The van der Waals surface area contributed by atoms with Gasteiger partial charge in [0.05, 0.1) is 5.56 Å². The van der Waals surface area contributed by atoms with Gasteiger partial charge in [0.15, 0.2) is 0 Å². The van der Waals surface area contributed by atoms with Crippen molar-refractivity contribution in [3.8, 4) is 0 Å². The SMILES string of the molecule is Cc1cc(C(F)(F)F)ccc1CC(=O)C[C@H](CCO)c1nnc(C2CC(CC(C)C)C2)n1C1CC1.Cl. The number of aliphatic hydroxyl groups is 1. The van der Waals surface area contributed by atoms with Gasteiger partial charge in [0.1, 0.15) is 17.4 Å². The Kier molecular flexibility index (Phi) is 9.25. The lowest BCUT2D eigenvalue weighted by Crippen LogP contribution is -2.26. The zero-order chi connectivity index (χ0) is 25.3. The molecule has 0 spiro atoms. The van der Waals surface area contributed by atoms with E-state index in [-0.39, 0.29) is 43.6 Å². The summed E-state index contributed by atoms with van der Waals surface area (Å²) in [5.41, 5.74) is 0.345. The molecule has 0 unspecified atom stereocenters. The monoisotopic (exact) mass is 527 g/mol. The third-order valence-corrected chi connectivity index (χ3v) is 7.44. The smallest absolute Gasteiger partial charge is 0.396 e. The van der Waals surface area contributed by atoms with E-state index >= 15 is 0 Å². The molecule has 0 aliphatic heterocycles. The van der Waals surface area contributed by atoms with E-state index in [0.29, 0.717) is 35.4 Å². The first-order valence-electron chi connectivity index (χ1n) is 12.8. The highest BCUT2D eigenvalue weighted by molar-refractivity contribution is 5.85. The van der Waals surface area contributed by atoms with Crippen LogP contribution in [0, 0.1) is 18.8 Å². The minimum atomic E-state index is -4.40. The Morgan fingerprint density at radius 1 is 1.19 bits per heavy atom. The van der Waals surface area contributed by atoms with Crippen LogP contribution in [-0.2, 0) is 17.4 Å². The topological polar surface area (TPSA) is 68.0 Å². The van der Waals surface area contributed by atoms with Gasteiger partial charge in [0.2, 0.25) is 0 Å². The first-order chi connectivity index (χ1) is 16.6. The quantitative estimate of drug-likeness (QED) is 0.359. The maximum atomic E-state index is 13.0. The van der Waals surface area contributed by atoms with E-state index in [0.717, 1.165) is 55.4 Å². The number of Topliss-reactive ketones (excluding diaryl/α,β-unsaturated/α-hetero) is 1. The molecule has 2 aromatic rings. The van der Waals surface area contributed by atoms with Gasteiger partial charge in [0.25, 0.3) is 0 Å². The third-order valence-electron chi connectivity index (χ3n) is 7.44. The molecule has 9 heteroatoms. The number of hydrogen-bond acceptors (Lipinski definition) is 4. The Balaban J connectivity index is 0.00000361. The number of alkyl halides is 3. The number of benzene rings is 1. The van der Waals surface area contributed by atoms with Crippen LogP contribution in [0.3, 0.4) is 0 Å². The van der Waals surface area contributed by atoms with Crippen molar-refractivity contribution in [3.63, 3.8) is 0 Å². The minimum Gasteiger partial charge on any atom is -0.396 e. The maximum absolute atomic E-state index is 13.0. The van der Waals surface area contributed by atoms with Crippen LogP contribution in [-0.4, -0.2) is 32.3 Å². The molecule has 0 radical (unpaired) electrons. The number of halogens is 4. The zero-order valence-electron chi connectivity index (χ0n) is 21.2. The van der Waals surface area contributed by atoms with E-state index in [1.54, 1.807) is 6.92 Å². The summed E-state index contributed by atoms with van der Waals surface area (Å²) in [5.74, 6) is 3.30. The average molecular weight is 528 g/mol. The van der Waals surface area contributed by atoms with Crippen molar-refractivity contribution in [1.82, 2.24) is 14.8 Å². The molecule has 200 valence electrons. The van der Waals surface area contributed by atoms with Crippen LogP contribution in [0.5, 0.6) is 0 Å². The number of carbonyl (C=O) groups excluding carboxylic acids is 1. The van der Waals surface area contributed by atoms with Crippen LogP contribution >= 0.6 is 12.4 Å². The van der Waals surface area contributed by atoms with Crippen molar-refractivity contribution in [3.05, 3.63) is 46.5 Å². The predicted molar refractivity (Wildman–Crippen MR) is 134 cm³/mol. The number of nitrogens with zero attached hydrogens (tertiary/aromatic N) is 3. The number of carbonyl (C=O) groups is 1. The maximum Gasteiger partial charge on any atom is 0.416 e. The van der Waals surface area contributed by atoms with Gasteiger partial charge < -0.3 is 9.67 Å². The number of hydrogen-bond donors (Lipinski definition) is 1. The molecule has 0 bridgehead atoms. The summed E-state index contributed by atoms with van der Waals surface area (Å²) in [5, 5.41) is 18.8. The Hall–Kier alpha value is -1.93. The zero-order valence-corrected chi connectivity index (χ0v) is 22.0. The molecular weight excluding hydrogens is 491 g/mol. The normalized spacial score (nSPS) is 20.7. The van der Waals surface area contributed by atoms with Gasteiger partial charge >= 0.3 is 6.18 Å². The van der Waals surface area contributed by atoms with Gasteiger partial charge in [-0.3, -0.25) is 4.79 Å². The standard InChI is InChI=1S/C27H36F3N3O2.ClH/c1-16(2)10-18-12-21(13-18)26-32-31-25(33(26)23-6-7-23)20(8-9-34)15-24(35)14-19-4-5-22(11-17(19)3)27(28,29)30;/h4-5,11,16,18,20-21,23,34H,6-10,12-15H2,1-3H3;1H/t18?,20-,21?;/m0./s1. The number of ketones is 1. The Bertz CT molecular complexity index is 1040. The molecule has 1 atom stereocenters. The van der Waals surface area contributed by atoms with Crippen molar-refractivity contribution in [2.75, 3.05) is 6.61 Å². The first kappa shape index (κ1) is 28.6. The second kappa shape index (κ2) is 11.6. The summed E-state index contributed by atoms with van der Waals surface area (Å²) in [6.07, 6.45) is 1.88. The molecule has 5 nitrogen and oxygen atoms in total. The Labute approximate surface area is 217 Å². The molecule has 36 heavy (non-hydrogen) atoms. The Morgan fingerprint density at radius 2 is 1.89 bits per heavy atom. The van der Waals surface area contributed by atoms with E-state index in [9.17, 15) is 23.1 Å². The molecule has 1 N–H and O–H groups in total. The van der Waals surface area contributed by atoms with Gasteiger partial charge in [-0.05, 0) is 80.5 Å². The fourth-order valence-electron chi connectivity index (χ4n) is 5.49. The second-order valence-corrected chi connectivity index (χ2v) is 10.9. The predicted octanol–water partition coefficient (Wildman–Crippen LogP) is 6.57. The van der Waals surface area contributed by atoms with Crippen molar-refractivity contribution in [2.24, 2.45) is 11.8 Å². The van der Waals surface area contributed by atoms with Crippen molar-refractivity contribution in [1.29, 1.82) is 0 Å². The fraction of sp³-hybridized carbons (Fsp3) is 0.667. The van der Waals surface area contributed by atoms with Gasteiger partial charge in [-0.1, -0.05) is 19.9 Å². The van der Waals surface area contributed by atoms with E-state index in [4.69, 9.17) is 0 Å². The van der Waals surface area contributed by atoms with E-state index < -0.39 is 11.7 Å². The molecule has 2 saturated carbocycles. The summed E-state index contributed by atoms with van der Waals surface area (Å²) in [7, 11) is 0. The third kappa shape index (κ3) is 6.68. The lowest BCUT2D eigenvalue weighted by Gasteiger charge is -2.36. The van der Waals surface area contributed by atoms with Gasteiger partial charge in [-0.25, -0.2) is 0 Å². The number of aryl methyl sites for hydroxylation is 1. The molecule has 2 aliphatic carbocycles. The van der Waals surface area contributed by atoms with Crippen molar-refractivity contribution >= 4 is 18.2 Å². The second-order valence-electron chi connectivity index (χ2n) is 10.9. The van der Waals surface area contributed by atoms with Gasteiger partial charge in [0, 0.05) is 37.3 Å². The number of aliphatic hydroxyl groups excluding tert-OH is 1. The van der Waals surface area contributed by atoms with E-state index in [1.807, 2.05) is 0 Å². The van der Waals surface area contributed by atoms with Crippen LogP contribution in [0.2, 0.25) is 0 Å². The van der Waals surface area contributed by atoms with Crippen LogP contribution in [0.4, 0.5) is 13.2 Å². The highest BCUT2D eigenvalue weighted by Crippen LogP contribution is 2.48. The molecule has 2 aliphatic rings. The highest BCUT2D eigenvalue weighted by atomic mass is 35.5. The van der Waals surface area contributed by atoms with Crippen LogP contribution in [0.1, 0.15) is 105 Å². The first-order valence-corrected chi connectivity index (χ1v) is 12.8. The highest BCUT2D eigenvalue weighted by Gasteiger charge is 2.39. The van der Waals surface area contributed by atoms with Crippen molar-refractivity contribution in [2.45, 2.75) is 96.2 Å². The summed E-state index contributed by atoms with van der Waals surface area (Å²) in [6, 6.07) is 3.89. The molecule has 4 rings (SSSR count). The molecule has 1 heterocycles. The molecule has 1 aromatic heterocycles. The number of rotatable bonds is 11. The largest absolute Gasteiger partial charge is 0.416 e. The van der Waals surface area contributed by atoms with Gasteiger partial charge in [-0.15, -0.1) is 22.6 Å². The molecular formula is C27H37ClF3N3O2. The van der Waals surface area contributed by atoms with E-state index in [1.165, 1.54) is 12.5 Å². The van der Waals surface area contributed by atoms with Crippen LogP contribution < -0.4 is 0 Å². The Morgan fingerprint density at radius 3 is 2.44 bits per heavy atom. The summed E-state index contributed by atoms with van der Waals surface area (Å²) < 4.78 is 41.2. The molecule has 2 fully saturated rings. The lowest BCUT2D eigenvalue weighted by atomic mass is 9.71. The average Bonchev–Trinajstić information content (AvgIpc) is 3.49. The van der Waals surface area contributed by atoms with Crippen LogP contribution in [0.25, 0.3) is 0 Å². The van der Waals surface area contributed by atoms with E-state index in [2.05, 4.69) is 28.6 Å². The van der Waals surface area contributed by atoms with Gasteiger partial charge in [-0.2, -0.15) is 13.2 Å². The molecule has 0 amide bonds. The minimum absolute atomic E-state index is 0. The summed E-state index contributed by atoms with van der Waals surface area (Å²) in [4.78, 5) is 13.0. The van der Waals surface area contributed by atoms with Crippen molar-refractivity contribution < 1.29 is 23.1 Å².